The van der Waals surface area contributed by atoms with Crippen LogP contribution < -0.4 is 15.8 Å². The largest absolute Gasteiger partial charge is 0.483 e. The molecular formula is C19H19N5O2. The van der Waals surface area contributed by atoms with E-state index in [0.29, 0.717) is 23.1 Å². The van der Waals surface area contributed by atoms with Crippen LogP contribution in [-0.4, -0.2) is 20.7 Å². The fraction of sp³-hybridized carbons (Fsp3) is 0.158. The molecule has 3 N–H and O–H groups in total. The van der Waals surface area contributed by atoms with E-state index in [1.165, 1.54) is 6.92 Å². The van der Waals surface area contributed by atoms with Gasteiger partial charge in [-0.25, -0.2) is 0 Å². The molecule has 26 heavy (non-hydrogen) atoms. The van der Waals surface area contributed by atoms with Gasteiger partial charge in [0.15, 0.2) is 17.7 Å². The normalized spacial score (nSPS) is 11.6. The van der Waals surface area contributed by atoms with Crippen molar-refractivity contribution in [2.45, 2.75) is 20.0 Å². The number of rotatable bonds is 6. The smallest absolute Gasteiger partial charge is 0.232 e. The average Bonchev–Trinajstić information content (AvgIpc) is 2.62. The van der Waals surface area contributed by atoms with Crippen molar-refractivity contribution >= 4 is 23.4 Å². The Hall–Kier alpha value is -3.48. The highest BCUT2D eigenvalue weighted by atomic mass is 16.5. The summed E-state index contributed by atoms with van der Waals surface area (Å²) < 4.78 is 5.86. The number of ether oxygens (including phenoxy) is 1. The summed E-state index contributed by atoms with van der Waals surface area (Å²) in [4.78, 5) is 24.1. The molecule has 0 amide bonds. The molecule has 132 valence electrons. The zero-order valence-electron chi connectivity index (χ0n) is 14.5. The quantitative estimate of drug-likeness (QED) is 0.656. The van der Waals surface area contributed by atoms with Gasteiger partial charge in [-0.15, -0.1) is 0 Å². The van der Waals surface area contributed by atoms with E-state index in [1.54, 1.807) is 24.3 Å². The topological polar surface area (TPSA) is 103 Å². The second-order valence-electron chi connectivity index (χ2n) is 5.71. The van der Waals surface area contributed by atoms with E-state index in [2.05, 4.69) is 20.3 Å². The summed E-state index contributed by atoms with van der Waals surface area (Å²) in [6.45, 7) is 3.32. The Kier molecular flexibility index (Phi) is 5.07. The van der Waals surface area contributed by atoms with Gasteiger partial charge in [0.25, 0.3) is 0 Å². The van der Waals surface area contributed by atoms with E-state index < -0.39 is 6.10 Å². The molecule has 0 fully saturated rings. The molecule has 3 aromatic rings. The van der Waals surface area contributed by atoms with Crippen molar-refractivity contribution in [2.24, 2.45) is 0 Å². The third-order valence-corrected chi connectivity index (χ3v) is 3.62. The average molecular weight is 349 g/mol. The van der Waals surface area contributed by atoms with E-state index in [-0.39, 0.29) is 11.7 Å². The molecule has 0 aliphatic rings. The van der Waals surface area contributed by atoms with Gasteiger partial charge in [-0.2, -0.15) is 15.0 Å². The fourth-order valence-electron chi connectivity index (χ4n) is 2.34. The van der Waals surface area contributed by atoms with Crippen molar-refractivity contribution in [3.63, 3.8) is 0 Å². The molecule has 7 nitrogen and oxygen atoms in total. The highest BCUT2D eigenvalue weighted by molar-refractivity contribution is 5.94. The van der Waals surface area contributed by atoms with E-state index in [1.807, 2.05) is 37.3 Å². The molecule has 0 saturated carbocycles. The number of hydrogen-bond acceptors (Lipinski definition) is 7. The van der Waals surface area contributed by atoms with Gasteiger partial charge in [0.1, 0.15) is 5.75 Å². The molecule has 2 aromatic carbocycles. The first-order valence-electron chi connectivity index (χ1n) is 8.12. The highest BCUT2D eigenvalue weighted by Gasteiger charge is 2.14. The van der Waals surface area contributed by atoms with Crippen molar-refractivity contribution in [1.29, 1.82) is 0 Å². The summed E-state index contributed by atoms with van der Waals surface area (Å²) in [6, 6.07) is 16.5. The second-order valence-corrected chi connectivity index (χ2v) is 5.71. The zero-order valence-corrected chi connectivity index (χ0v) is 14.5. The van der Waals surface area contributed by atoms with Crippen molar-refractivity contribution in [2.75, 3.05) is 11.1 Å². The van der Waals surface area contributed by atoms with Gasteiger partial charge < -0.3 is 15.8 Å². The van der Waals surface area contributed by atoms with Gasteiger partial charge >= 0.3 is 0 Å². The maximum atomic E-state index is 11.5. The summed E-state index contributed by atoms with van der Waals surface area (Å²) in [5.41, 5.74) is 7.23. The number of nitrogen functional groups attached to an aromatic ring is 1. The van der Waals surface area contributed by atoms with Crippen molar-refractivity contribution in [1.82, 2.24) is 15.0 Å². The Labute approximate surface area is 151 Å². The minimum Gasteiger partial charge on any atom is -0.483 e. The van der Waals surface area contributed by atoms with Gasteiger partial charge in [0.2, 0.25) is 11.9 Å². The van der Waals surface area contributed by atoms with Crippen molar-refractivity contribution in [3.8, 4) is 5.75 Å². The second kappa shape index (κ2) is 7.60. The number of benzene rings is 2. The van der Waals surface area contributed by atoms with Crippen molar-refractivity contribution in [3.05, 3.63) is 66.0 Å². The third kappa shape index (κ3) is 4.32. The standard InChI is InChI=1S/C19H19N5O2/c1-12(25)14-7-6-10-16(11-14)26-13(2)17-22-18(20)24-19(23-17)21-15-8-4-3-5-9-15/h3-11,13H,1-2H3,(H3,20,21,22,23,24)/t13-/m0/s1. The van der Waals surface area contributed by atoms with Crippen LogP contribution in [0.2, 0.25) is 0 Å². The number of anilines is 3. The number of nitrogens with two attached hydrogens (primary N) is 1. The number of aromatic nitrogens is 3. The molecule has 0 aliphatic heterocycles. The lowest BCUT2D eigenvalue weighted by Crippen LogP contribution is -2.13. The van der Waals surface area contributed by atoms with E-state index in [9.17, 15) is 4.79 Å². The van der Waals surface area contributed by atoms with Crippen LogP contribution in [0.1, 0.15) is 36.1 Å². The molecule has 0 unspecified atom stereocenters. The lowest BCUT2D eigenvalue weighted by Gasteiger charge is -2.15. The van der Waals surface area contributed by atoms with Crippen LogP contribution in [0.25, 0.3) is 0 Å². The maximum absolute atomic E-state index is 11.5. The van der Waals surface area contributed by atoms with Crippen molar-refractivity contribution < 1.29 is 9.53 Å². The number of nitrogens with zero attached hydrogens (tertiary/aromatic N) is 3. The van der Waals surface area contributed by atoms with Crippen LogP contribution in [0.5, 0.6) is 5.75 Å². The van der Waals surface area contributed by atoms with Crippen LogP contribution >= 0.6 is 0 Å². The number of Topliss-reactive ketones (excluding diaryl/α,β-unsaturated/α-hetero) is 1. The SMILES string of the molecule is CC(=O)c1cccc(O[C@@H](C)c2nc(N)nc(Nc3ccccc3)n2)c1. The molecule has 7 heteroatoms. The first-order valence-corrected chi connectivity index (χ1v) is 8.12. The number of ketones is 1. The molecule has 0 aliphatic carbocycles. The Bertz CT molecular complexity index is 915. The molecule has 0 bridgehead atoms. The maximum Gasteiger partial charge on any atom is 0.232 e. The number of carbonyl (C=O) groups is 1. The Balaban J connectivity index is 1.80. The molecule has 1 aromatic heterocycles. The van der Waals surface area contributed by atoms with Crippen LogP contribution in [-0.2, 0) is 0 Å². The number of carbonyl (C=O) groups excluding carboxylic acids is 1. The predicted octanol–water partition coefficient (Wildman–Crippen LogP) is 3.54. The molecule has 1 atom stereocenters. The minimum absolute atomic E-state index is 0.0261. The molecule has 0 radical (unpaired) electrons. The molecule has 0 spiro atoms. The Morgan fingerprint density at radius 1 is 1.08 bits per heavy atom. The van der Waals surface area contributed by atoms with Crippen LogP contribution in [0.15, 0.2) is 54.6 Å². The summed E-state index contributed by atoms with van der Waals surface area (Å²) >= 11 is 0. The molecule has 3 rings (SSSR count). The summed E-state index contributed by atoms with van der Waals surface area (Å²) in [5, 5.41) is 3.09. The Morgan fingerprint density at radius 2 is 1.85 bits per heavy atom. The lowest BCUT2D eigenvalue weighted by atomic mass is 10.1. The van der Waals surface area contributed by atoms with E-state index in [0.717, 1.165) is 5.69 Å². The van der Waals surface area contributed by atoms with Gasteiger partial charge in [0, 0.05) is 11.3 Å². The predicted molar refractivity (Wildman–Crippen MR) is 99.5 cm³/mol. The monoisotopic (exact) mass is 349 g/mol. The van der Waals surface area contributed by atoms with Crippen LogP contribution in [0, 0.1) is 0 Å². The lowest BCUT2D eigenvalue weighted by molar-refractivity contribution is 0.101. The molecule has 1 heterocycles. The number of nitrogens with one attached hydrogen (secondary N) is 1. The summed E-state index contributed by atoms with van der Waals surface area (Å²) in [6.07, 6.45) is -0.473. The fourth-order valence-corrected chi connectivity index (χ4v) is 2.34. The molecule has 0 saturated heterocycles. The van der Waals surface area contributed by atoms with Gasteiger partial charge in [-0.1, -0.05) is 30.3 Å². The zero-order chi connectivity index (χ0) is 18.5. The third-order valence-electron chi connectivity index (χ3n) is 3.62. The number of para-hydroxylation sites is 1. The van der Waals surface area contributed by atoms with Crippen LogP contribution in [0.3, 0.4) is 0 Å². The van der Waals surface area contributed by atoms with E-state index >= 15 is 0 Å². The highest BCUT2D eigenvalue weighted by Crippen LogP contribution is 2.22. The number of hydrogen-bond donors (Lipinski definition) is 2. The summed E-state index contributed by atoms with van der Waals surface area (Å²) in [7, 11) is 0. The first kappa shape index (κ1) is 17.3. The first-order chi connectivity index (χ1) is 12.5. The Morgan fingerprint density at radius 3 is 2.58 bits per heavy atom. The van der Waals surface area contributed by atoms with Gasteiger partial charge in [-0.3, -0.25) is 4.79 Å². The summed E-state index contributed by atoms with van der Waals surface area (Å²) in [5.74, 6) is 1.36. The molecular weight excluding hydrogens is 330 g/mol. The van der Waals surface area contributed by atoms with Gasteiger partial charge in [0.05, 0.1) is 0 Å². The van der Waals surface area contributed by atoms with E-state index in [4.69, 9.17) is 10.5 Å². The van der Waals surface area contributed by atoms with Gasteiger partial charge in [-0.05, 0) is 38.1 Å². The minimum atomic E-state index is -0.473. The van der Waals surface area contributed by atoms with Crippen LogP contribution in [0.4, 0.5) is 17.6 Å².